The minimum Gasteiger partial charge on any atom is -0.370 e. The highest BCUT2D eigenvalue weighted by molar-refractivity contribution is 4.82. The number of hydrogen-bond donors (Lipinski definition) is 1. The van der Waals surface area contributed by atoms with Crippen LogP contribution in [0.2, 0.25) is 0 Å². The first-order valence-electron chi connectivity index (χ1n) is 5.14. The van der Waals surface area contributed by atoms with Gasteiger partial charge < -0.3 is 10.5 Å². The fourth-order valence-corrected chi connectivity index (χ4v) is 2.07. The second kappa shape index (κ2) is 4.40. The molecule has 0 spiro atoms. The summed E-state index contributed by atoms with van der Waals surface area (Å²) >= 11 is 0. The average molecular weight is 186 g/mol. The van der Waals surface area contributed by atoms with Crippen LogP contribution in [0.3, 0.4) is 0 Å². The maximum atomic E-state index is 5.81. The maximum Gasteiger partial charge on any atom is 0.0757 e. The minimum absolute atomic E-state index is 0.00622. The third-order valence-corrected chi connectivity index (χ3v) is 2.32. The lowest BCUT2D eigenvalue weighted by atomic mass is 10.1. The molecular formula is C10H22N2O. The Hall–Kier alpha value is -0.120. The van der Waals surface area contributed by atoms with E-state index in [1.54, 1.807) is 0 Å². The van der Waals surface area contributed by atoms with Gasteiger partial charge in [0.15, 0.2) is 0 Å². The zero-order valence-electron chi connectivity index (χ0n) is 9.05. The summed E-state index contributed by atoms with van der Waals surface area (Å²) in [5.74, 6) is 0. The van der Waals surface area contributed by atoms with E-state index in [2.05, 4.69) is 25.7 Å². The molecule has 0 aromatic rings. The predicted octanol–water partition coefficient (Wildman–Crippen LogP) is 0.834. The number of morpholine rings is 1. The first-order chi connectivity index (χ1) is 6.03. The van der Waals surface area contributed by atoms with Gasteiger partial charge in [-0.3, -0.25) is 4.90 Å². The van der Waals surface area contributed by atoms with Crippen LogP contribution < -0.4 is 5.73 Å². The highest BCUT2D eigenvalue weighted by Crippen LogP contribution is 2.20. The van der Waals surface area contributed by atoms with E-state index in [-0.39, 0.29) is 5.60 Å². The molecule has 1 fully saturated rings. The number of hydrogen-bond acceptors (Lipinski definition) is 3. The molecule has 0 radical (unpaired) electrons. The van der Waals surface area contributed by atoms with Gasteiger partial charge in [0.2, 0.25) is 0 Å². The Morgan fingerprint density at radius 1 is 1.54 bits per heavy atom. The van der Waals surface area contributed by atoms with E-state index in [9.17, 15) is 0 Å². The van der Waals surface area contributed by atoms with Crippen LogP contribution in [0.15, 0.2) is 0 Å². The van der Waals surface area contributed by atoms with E-state index in [4.69, 9.17) is 10.5 Å². The standard InChI is InChI=1S/C10H22N2O/c1-9-7-12(6-4-5-11)8-10(2,3)13-9/h9H,4-8,11H2,1-3H3. The van der Waals surface area contributed by atoms with Crippen LogP contribution >= 0.6 is 0 Å². The van der Waals surface area contributed by atoms with E-state index in [1.165, 1.54) is 0 Å². The molecule has 13 heavy (non-hydrogen) atoms. The lowest BCUT2D eigenvalue weighted by molar-refractivity contribution is -0.128. The molecule has 3 heteroatoms. The van der Waals surface area contributed by atoms with Gasteiger partial charge in [0.25, 0.3) is 0 Å². The maximum absolute atomic E-state index is 5.81. The molecule has 0 aromatic heterocycles. The van der Waals surface area contributed by atoms with Gasteiger partial charge in [-0.05, 0) is 40.3 Å². The fourth-order valence-electron chi connectivity index (χ4n) is 2.07. The molecule has 1 rings (SSSR count). The Kier molecular flexibility index (Phi) is 3.71. The summed E-state index contributed by atoms with van der Waals surface area (Å²) in [5.41, 5.74) is 5.50. The highest BCUT2D eigenvalue weighted by atomic mass is 16.5. The molecule has 1 heterocycles. The van der Waals surface area contributed by atoms with Gasteiger partial charge in [-0.15, -0.1) is 0 Å². The van der Waals surface area contributed by atoms with E-state index < -0.39 is 0 Å². The van der Waals surface area contributed by atoms with Crippen LogP contribution in [0.5, 0.6) is 0 Å². The molecule has 0 aromatic carbocycles. The van der Waals surface area contributed by atoms with Gasteiger partial charge in [-0.1, -0.05) is 0 Å². The predicted molar refractivity (Wildman–Crippen MR) is 54.7 cm³/mol. The molecule has 0 aliphatic carbocycles. The van der Waals surface area contributed by atoms with Gasteiger partial charge in [0.1, 0.15) is 0 Å². The zero-order chi connectivity index (χ0) is 9.90. The normalized spacial score (nSPS) is 29.1. The van der Waals surface area contributed by atoms with Crippen LogP contribution in [0.1, 0.15) is 27.2 Å². The van der Waals surface area contributed by atoms with Gasteiger partial charge in [-0.2, -0.15) is 0 Å². The summed E-state index contributed by atoms with van der Waals surface area (Å²) in [5, 5.41) is 0. The summed E-state index contributed by atoms with van der Waals surface area (Å²) in [6, 6.07) is 0. The first-order valence-corrected chi connectivity index (χ1v) is 5.14. The van der Waals surface area contributed by atoms with E-state index in [1.807, 2.05) is 0 Å². The van der Waals surface area contributed by atoms with Crippen LogP contribution in [-0.4, -0.2) is 42.8 Å². The molecule has 78 valence electrons. The first kappa shape index (κ1) is 11.0. The van der Waals surface area contributed by atoms with Gasteiger partial charge in [0.05, 0.1) is 11.7 Å². The Bertz CT molecular complexity index is 159. The number of nitrogens with zero attached hydrogens (tertiary/aromatic N) is 1. The Balaban J connectivity index is 2.38. The molecule has 1 saturated heterocycles. The smallest absolute Gasteiger partial charge is 0.0757 e. The summed E-state index contributed by atoms with van der Waals surface area (Å²) in [6.45, 7) is 10.4. The molecule has 0 bridgehead atoms. The topological polar surface area (TPSA) is 38.5 Å². The van der Waals surface area contributed by atoms with Gasteiger partial charge in [-0.25, -0.2) is 0 Å². The van der Waals surface area contributed by atoms with Crippen molar-refractivity contribution in [2.45, 2.75) is 38.9 Å². The molecule has 1 unspecified atom stereocenters. The van der Waals surface area contributed by atoms with E-state index in [0.717, 1.165) is 32.6 Å². The monoisotopic (exact) mass is 186 g/mol. The van der Waals surface area contributed by atoms with E-state index >= 15 is 0 Å². The van der Waals surface area contributed by atoms with Crippen molar-refractivity contribution in [1.82, 2.24) is 4.90 Å². The summed E-state index contributed by atoms with van der Waals surface area (Å²) in [7, 11) is 0. The number of nitrogens with two attached hydrogens (primary N) is 1. The lowest BCUT2D eigenvalue weighted by Gasteiger charge is -2.41. The van der Waals surface area contributed by atoms with Crippen molar-refractivity contribution >= 4 is 0 Å². The molecule has 0 amide bonds. The largest absolute Gasteiger partial charge is 0.370 e. The van der Waals surface area contributed by atoms with Crippen molar-refractivity contribution in [2.24, 2.45) is 5.73 Å². The second-order valence-electron chi connectivity index (χ2n) is 4.57. The van der Waals surface area contributed by atoms with Crippen molar-refractivity contribution in [3.63, 3.8) is 0 Å². The third kappa shape index (κ3) is 3.63. The second-order valence-corrected chi connectivity index (χ2v) is 4.57. The SMILES string of the molecule is CC1CN(CCCN)CC(C)(C)O1. The lowest BCUT2D eigenvalue weighted by Crippen LogP contribution is -2.52. The fraction of sp³-hybridized carbons (Fsp3) is 1.00. The van der Waals surface area contributed by atoms with Crippen molar-refractivity contribution < 1.29 is 4.74 Å². The molecule has 1 aliphatic rings. The zero-order valence-corrected chi connectivity index (χ0v) is 9.05. The Morgan fingerprint density at radius 2 is 2.23 bits per heavy atom. The van der Waals surface area contributed by atoms with E-state index in [0.29, 0.717) is 6.10 Å². The van der Waals surface area contributed by atoms with Crippen molar-refractivity contribution in [3.05, 3.63) is 0 Å². The van der Waals surface area contributed by atoms with Crippen molar-refractivity contribution in [3.8, 4) is 0 Å². The van der Waals surface area contributed by atoms with Crippen molar-refractivity contribution in [1.29, 1.82) is 0 Å². The van der Waals surface area contributed by atoms with Crippen LogP contribution in [0, 0.1) is 0 Å². The van der Waals surface area contributed by atoms with Crippen LogP contribution in [0.4, 0.5) is 0 Å². The van der Waals surface area contributed by atoms with Gasteiger partial charge in [0, 0.05) is 13.1 Å². The number of rotatable bonds is 3. The van der Waals surface area contributed by atoms with Crippen molar-refractivity contribution in [2.75, 3.05) is 26.2 Å². The highest BCUT2D eigenvalue weighted by Gasteiger charge is 2.30. The minimum atomic E-state index is 0.00622. The Labute approximate surface area is 81.2 Å². The summed E-state index contributed by atoms with van der Waals surface area (Å²) in [4.78, 5) is 2.45. The quantitative estimate of drug-likeness (QED) is 0.709. The molecular weight excluding hydrogens is 164 g/mol. The van der Waals surface area contributed by atoms with Crippen LogP contribution in [-0.2, 0) is 4.74 Å². The summed E-state index contributed by atoms with van der Waals surface area (Å²) < 4.78 is 5.81. The molecule has 2 N–H and O–H groups in total. The van der Waals surface area contributed by atoms with Crippen LogP contribution in [0.25, 0.3) is 0 Å². The molecule has 3 nitrogen and oxygen atoms in total. The molecule has 0 saturated carbocycles. The average Bonchev–Trinajstić information content (AvgIpc) is 1.97. The molecule has 1 atom stereocenters. The molecule has 1 aliphatic heterocycles. The van der Waals surface area contributed by atoms with Gasteiger partial charge >= 0.3 is 0 Å². The number of ether oxygens (including phenoxy) is 1. The third-order valence-electron chi connectivity index (χ3n) is 2.32. The summed E-state index contributed by atoms with van der Waals surface area (Å²) in [6.07, 6.45) is 1.43. The Morgan fingerprint density at radius 3 is 2.77 bits per heavy atom.